The van der Waals surface area contributed by atoms with Crippen molar-refractivity contribution >= 4 is 28.3 Å². The minimum atomic E-state index is -3.71. The smallest absolute Gasteiger partial charge is 0.251 e. The lowest BCUT2D eigenvalue weighted by Gasteiger charge is -2.17. The van der Waals surface area contributed by atoms with Crippen LogP contribution in [0.25, 0.3) is 0 Å². The third-order valence-corrected chi connectivity index (χ3v) is 7.03. The summed E-state index contributed by atoms with van der Waals surface area (Å²) >= 11 is 0. The van der Waals surface area contributed by atoms with Crippen LogP contribution in [-0.2, 0) is 10.0 Å². The third kappa shape index (κ3) is 4.22. The Balaban J connectivity index is 0.00000225. The molecule has 150 valence electrons. The average Bonchev–Trinajstić information content (AvgIpc) is 3.40. The number of carbonyl (C=O) groups excluding carboxylic acids is 1. The van der Waals surface area contributed by atoms with Crippen LogP contribution in [0.15, 0.2) is 59.5 Å². The van der Waals surface area contributed by atoms with E-state index < -0.39 is 10.0 Å². The molecule has 2 aromatic rings. The maximum atomic E-state index is 13.1. The van der Waals surface area contributed by atoms with E-state index in [2.05, 4.69) is 5.32 Å². The molecule has 8 heteroatoms. The summed E-state index contributed by atoms with van der Waals surface area (Å²) in [5, 5.41) is 2.89. The Labute approximate surface area is 171 Å². The van der Waals surface area contributed by atoms with Gasteiger partial charge in [-0.15, -0.1) is 12.4 Å². The zero-order valence-corrected chi connectivity index (χ0v) is 17.0. The zero-order valence-electron chi connectivity index (χ0n) is 15.3. The van der Waals surface area contributed by atoms with Gasteiger partial charge in [0.05, 0.1) is 4.90 Å². The van der Waals surface area contributed by atoms with Gasteiger partial charge in [-0.3, -0.25) is 4.79 Å². The number of benzene rings is 2. The van der Waals surface area contributed by atoms with Gasteiger partial charge >= 0.3 is 0 Å². The number of hydrogen-bond donors (Lipinski definition) is 2. The van der Waals surface area contributed by atoms with Gasteiger partial charge in [-0.2, -0.15) is 4.31 Å². The molecule has 1 amide bonds. The molecule has 2 aliphatic rings. The lowest BCUT2D eigenvalue weighted by molar-refractivity contribution is 0.0951. The predicted octanol–water partition coefficient (Wildman–Crippen LogP) is 2.12. The Morgan fingerprint density at radius 1 is 1.04 bits per heavy atom. The Morgan fingerprint density at radius 2 is 1.75 bits per heavy atom. The summed E-state index contributed by atoms with van der Waals surface area (Å²) in [5.74, 6) is -0.267. The molecule has 0 bridgehead atoms. The highest BCUT2D eigenvalue weighted by atomic mass is 35.5. The molecular formula is C20H24ClN3O3S. The molecule has 2 aromatic carbocycles. The number of nitrogens with zero attached hydrogens (tertiary/aromatic N) is 1. The summed E-state index contributed by atoms with van der Waals surface area (Å²) in [4.78, 5) is 12.4. The lowest BCUT2D eigenvalue weighted by Crippen LogP contribution is -2.32. The van der Waals surface area contributed by atoms with E-state index in [4.69, 9.17) is 5.73 Å². The molecule has 0 spiro atoms. The summed E-state index contributed by atoms with van der Waals surface area (Å²) in [7, 11) is -3.71. The fourth-order valence-electron chi connectivity index (χ4n) is 3.48. The number of sulfonamides is 1. The van der Waals surface area contributed by atoms with Crippen LogP contribution in [0.1, 0.15) is 34.7 Å². The minimum absolute atomic E-state index is 0. The van der Waals surface area contributed by atoms with Crippen LogP contribution in [-0.4, -0.2) is 43.8 Å². The van der Waals surface area contributed by atoms with E-state index >= 15 is 0 Å². The number of nitrogens with one attached hydrogen (secondary N) is 1. The van der Waals surface area contributed by atoms with Gasteiger partial charge in [-0.05, 0) is 36.6 Å². The van der Waals surface area contributed by atoms with Crippen molar-refractivity contribution in [3.8, 4) is 0 Å². The van der Waals surface area contributed by atoms with Crippen LogP contribution in [0.5, 0.6) is 0 Å². The fraction of sp³-hybridized carbons (Fsp3) is 0.350. The summed E-state index contributed by atoms with van der Waals surface area (Å²) in [6.07, 6.45) is 1.96. The number of nitrogens with two attached hydrogens (primary N) is 1. The van der Waals surface area contributed by atoms with E-state index in [-0.39, 0.29) is 47.8 Å². The van der Waals surface area contributed by atoms with Gasteiger partial charge in [0, 0.05) is 36.7 Å². The second kappa shape index (κ2) is 8.21. The monoisotopic (exact) mass is 421 g/mol. The number of rotatable bonds is 5. The molecular weight excluding hydrogens is 398 g/mol. The van der Waals surface area contributed by atoms with E-state index in [1.165, 1.54) is 16.4 Å². The van der Waals surface area contributed by atoms with Gasteiger partial charge in [0.15, 0.2) is 0 Å². The highest BCUT2D eigenvalue weighted by molar-refractivity contribution is 7.89. The Morgan fingerprint density at radius 3 is 2.43 bits per heavy atom. The summed E-state index contributed by atoms with van der Waals surface area (Å²) < 4.78 is 27.6. The second-order valence-corrected chi connectivity index (χ2v) is 9.22. The van der Waals surface area contributed by atoms with Crippen LogP contribution in [0.4, 0.5) is 0 Å². The first kappa shape index (κ1) is 20.8. The molecule has 1 saturated heterocycles. The molecule has 1 aliphatic heterocycles. The third-order valence-electron chi connectivity index (χ3n) is 5.21. The van der Waals surface area contributed by atoms with Crippen molar-refractivity contribution in [2.75, 3.05) is 13.1 Å². The van der Waals surface area contributed by atoms with Crippen molar-refractivity contribution in [3.63, 3.8) is 0 Å². The van der Waals surface area contributed by atoms with Crippen LogP contribution in [0.3, 0.4) is 0 Å². The summed E-state index contributed by atoms with van der Waals surface area (Å²) in [5.41, 5.74) is 7.65. The van der Waals surface area contributed by atoms with Crippen LogP contribution < -0.4 is 11.1 Å². The van der Waals surface area contributed by atoms with E-state index in [0.29, 0.717) is 12.1 Å². The lowest BCUT2D eigenvalue weighted by atomic mass is 9.95. The quantitative estimate of drug-likeness (QED) is 0.773. The molecule has 2 fully saturated rings. The second-order valence-electron chi connectivity index (χ2n) is 7.28. The first-order valence-corrected chi connectivity index (χ1v) is 10.6. The van der Waals surface area contributed by atoms with Crippen molar-refractivity contribution in [1.29, 1.82) is 0 Å². The Kier molecular flexibility index (Phi) is 6.09. The van der Waals surface area contributed by atoms with Crippen LogP contribution in [0, 0.1) is 0 Å². The first-order valence-electron chi connectivity index (χ1n) is 9.17. The standard InChI is InChI=1S/C20H23N3O3S.ClH/c21-19-13-23(12-18(19)14-5-2-1-3-6-14)27(25,26)17-8-4-7-15(11-17)20(24)22-16-9-10-16;/h1-8,11,16,18-19H,9-10,12-13,21H2,(H,22,24);1H/t18-,19+;/m0./s1. The molecule has 4 rings (SSSR count). The van der Waals surface area contributed by atoms with Crippen LogP contribution >= 0.6 is 12.4 Å². The number of amides is 1. The zero-order chi connectivity index (χ0) is 19.0. The van der Waals surface area contributed by atoms with Crippen molar-refractivity contribution in [2.24, 2.45) is 5.73 Å². The van der Waals surface area contributed by atoms with Gasteiger partial charge in [0.2, 0.25) is 10.0 Å². The molecule has 2 atom stereocenters. The van der Waals surface area contributed by atoms with Crippen molar-refractivity contribution in [1.82, 2.24) is 9.62 Å². The number of hydrogen-bond acceptors (Lipinski definition) is 4. The summed E-state index contributed by atoms with van der Waals surface area (Å²) in [6.45, 7) is 0.604. The van der Waals surface area contributed by atoms with Gasteiger partial charge in [-0.25, -0.2) is 8.42 Å². The van der Waals surface area contributed by atoms with E-state index in [9.17, 15) is 13.2 Å². The molecule has 3 N–H and O–H groups in total. The maximum absolute atomic E-state index is 13.1. The molecule has 0 radical (unpaired) electrons. The van der Waals surface area contributed by atoms with E-state index in [1.54, 1.807) is 12.1 Å². The minimum Gasteiger partial charge on any atom is -0.349 e. The van der Waals surface area contributed by atoms with Gasteiger partial charge in [0.25, 0.3) is 5.91 Å². The SMILES string of the molecule is Cl.N[C@@H]1CN(S(=O)(=O)c2cccc(C(=O)NC3CC3)c2)C[C@H]1c1ccccc1. The Bertz CT molecular complexity index is 948. The Hall–Kier alpha value is -1.93. The number of halogens is 1. The first-order chi connectivity index (χ1) is 12.9. The molecule has 0 unspecified atom stereocenters. The highest BCUT2D eigenvalue weighted by Crippen LogP contribution is 2.30. The van der Waals surface area contributed by atoms with E-state index in [0.717, 1.165) is 18.4 Å². The fourth-order valence-corrected chi connectivity index (χ4v) is 5.03. The normalized spacial score (nSPS) is 22.5. The van der Waals surface area contributed by atoms with Gasteiger partial charge < -0.3 is 11.1 Å². The molecule has 0 aromatic heterocycles. The van der Waals surface area contributed by atoms with Crippen LogP contribution in [0.2, 0.25) is 0 Å². The van der Waals surface area contributed by atoms with Crippen molar-refractivity contribution < 1.29 is 13.2 Å². The van der Waals surface area contributed by atoms with E-state index in [1.807, 2.05) is 30.3 Å². The molecule has 6 nitrogen and oxygen atoms in total. The molecule has 1 heterocycles. The highest BCUT2D eigenvalue weighted by Gasteiger charge is 2.38. The molecule has 1 aliphatic carbocycles. The maximum Gasteiger partial charge on any atom is 0.251 e. The molecule has 1 saturated carbocycles. The predicted molar refractivity (Wildman–Crippen MR) is 110 cm³/mol. The van der Waals surface area contributed by atoms with Crippen molar-refractivity contribution in [3.05, 3.63) is 65.7 Å². The van der Waals surface area contributed by atoms with Crippen molar-refractivity contribution in [2.45, 2.75) is 35.7 Å². The van der Waals surface area contributed by atoms with Gasteiger partial charge in [-0.1, -0.05) is 36.4 Å². The largest absolute Gasteiger partial charge is 0.349 e. The number of carbonyl (C=O) groups is 1. The summed E-state index contributed by atoms with van der Waals surface area (Å²) in [6, 6.07) is 15.9. The van der Waals surface area contributed by atoms with Gasteiger partial charge in [0.1, 0.15) is 0 Å². The average molecular weight is 422 g/mol. The molecule has 28 heavy (non-hydrogen) atoms. The topological polar surface area (TPSA) is 92.5 Å².